The molecule has 248 valence electrons. The molecular weight excluding hydrogens is 633 g/mol. The highest BCUT2D eigenvalue weighted by Gasteiger charge is 2.19. The SMILES string of the molecule is Cc1cc(C)nc(-c2cccc(-c3cc(-c4nc(-c5ccccc5)cc(-c5ccccc5)n4)cc(-c4c5c(cc6ccccc46)CCC=C5)c3)c2)n1. The summed E-state index contributed by atoms with van der Waals surface area (Å²) in [5.41, 5.74) is 14.9. The molecule has 6 aromatic carbocycles. The Labute approximate surface area is 304 Å². The van der Waals surface area contributed by atoms with Gasteiger partial charge in [0.1, 0.15) is 0 Å². The second-order valence-corrected chi connectivity index (χ2v) is 13.5. The molecule has 0 radical (unpaired) electrons. The quantitative estimate of drug-likeness (QED) is 0.177. The number of benzene rings is 6. The summed E-state index contributed by atoms with van der Waals surface area (Å²) in [6.07, 6.45) is 6.69. The topological polar surface area (TPSA) is 51.6 Å². The Morgan fingerprint density at radius 3 is 1.75 bits per heavy atom. The summed E-state index contributed by atoms with van der Waals surface area (Å²) in [6, 6.07) is 51.4. The summed E-state index contributed by atoms with van der Waals surface area (Å²) in [6.45, 7) is 4.04. The van der Waals surface area contributed by atoms with Crippen LogP contribution in [0.2, 0.25) is 0 Å². The molecule has 0 bridgehead atoms. The van der Waals surface area contributed by atoms with Crippen molar-refractivity contribution in [2.24, 2.45) is 0 Å². The van der Waals surface area contributed by atoms with E-state index < -0.39 is 0 Å². The van der Waals surface area contributed by atoms with Crippen LogP contribution in [-0.4, -0.2) is 19.9 Å². The van der Waals surface area contributed by atoms with Crippen LogP contribution in [-0.2, 0) is 6.42 Å². The summed E-state index contributed by atoms with van der Waals surface area (Å²) >= 11 is 0. The minimum atomic E-state index is 0.682. The molecule has 0 N–H and O–H groups in total. The summed E-state index contributed by atoms with van der Waals surface area (Å²) in [4.78, 5) is 20.1. The monoisotopic (exact) mass is 668 g/mol. The molecule has 0 saturated carbocycles. The van der Waals surface area contributed by atoms with E-state index >= 15 is 0 Å². The number of aryl methyl sites for hydroxylation is 3. The third kappa shape index (κ3) is 6.09. The molecule has 4 nitrogen and oxygen atoms in total. The van der Waals surface area contributed by atoms with Gasteiger partial charge >= 0.3 is 0 Å². The lowest BCUT2D eigenvalue weighted by Gasteiger charge is -2.20. The van der Waals surface area contributed by atoms with Gasteiger partial charge in [0.05, 0.1) is 11.4 Å². The molecule has 1 aliphatic rings. The van der Waals surface area contributed by atoms with Crippen molar-refractivity contribution in [1.29, 1.82) is 0 Å². The standard InChI is InChI=1S/C48H36N4/c1-31-24-32(2)50-47(49-31)38-21-13-20-35(25-38)39-27-40(46-42-22-11-9-18-36(42)26-37-19-10-12-23-43(37)46)29-41(28-39)48-51-44(33-14-5-3-6-15-33)30-45(52-48)34-16-7-4-8-17-34/h3-9,11-18,20-30H,10,19H2,1-2H3. The average Bonchev–Trinajstić information content (AvgIpc) is 3.20. The van der Waals surface area contributed by atoms with Crippen molar-refractivity contribution in [3.05, 3.63) is 174 Å². The normalized spacial score (nSPS) is 12.2. The van der Waals surface area contributed by atoms with Crippen LogP contribution >= 0.6 is 0 Å². The van der Waals surface area contributed by atoms with Crippen LogP contribution in [0.1, 0.15) is 28.9 Å². The molecule has 0 fully saturated rings. The predicted molar refractivity (Wildman–Crippen MR) is 215 cm³/mol. The van der Waals surface area contributed by atoms with E-state index in [1.165, 1.54) is 27.5 Å². The Bertz CT molecular complexity index is 2560. The molecule has 0 atom stereocenters. The van der Waals surface area contributed by atoms with Crippen LogP contribution < -0.4 is 0 Å². The Balaban J connectivity index is 1.31. The fourth-order valence-electron chi connectivity index (χ4n) is 7.42. The van der Waals surface area contributed by atoms with Crippen molar-refractivity contribution >= 4 is 16.8 Å². The van der Waals surface area contributed by atoms with E-state index in [1.54, 1.807) is 0 Å². The van der Waals surface area contributed by atoms with E-state index in [-0.39, 0.29) is 0 Å². The van der Waals surface area contributed by atoms with E-state index in [4.69, 9.17) is 19.9 Å². The second kappa shape index (κ2) is 13.3. The highest BCUT2D eigenvalue weighted by Crippen LogP contribution is 2.41. The Hall–Kier alpha value is -6.52. The second-order valence-electron chi connectivity index (χ2n) is 13.5. The Kier molecular flexibility index (Phi) is 8.05. The zero-order valence-electron chi connectivity index (χ0n) is 29.2. The largest absolute Gasteiger partial charge is 0.233 e. The van der Waals surface area contributed by atoms with Gasteiger partial charge in [-0.15, -0.1) is 0 Å². The molecule has 0 unspecified atom stereocenters. The first-order valence-electron chi connectivity index (χ1n) is 17.9. The summed E-state index contributed by atoms with van der Waals surface area (Å²) in [5.74, 6) is 1.41. The number of aromatic nitrogens is 4. The molecule has 8 aromatic rings. The van der Waals surface area contributed by atoms with Gasteiger partial charge in [-0.3, -0.25) is 0 Å². The maximum Gasteiger partial charge on any atom is 0.160 e. The molecule has 4 heteroatoms. The van der Waals surface area contributed by atoms with Crippen molar-refractivity contribution in [3.8, 4) is 67.5 Å². The molecule has 2 aromatic heterocycles. The third-order valence-corrected chi connectivity index (χ3v) is 9.82. The van der Waals surface area contributed by atoms with Crippen molar-refractivity contribution in [2.45, 2.75) is 26.7 Å². The zero-order valence-corrected chi connectivity index (χ0v) is 29.2. The lowest BCUT2D eigenvalue weighted by atomic mass is 9.84. The molecule has 0 saturated heterocycles. The molecule has 1 aliphatic carbocycles. The van der Waals surface area contributed by atoms with Crippen molar-refractivity contribution in [2.75, 3.05) is 0 Å². The first kappa shape index (κ1) is 31.5. The molecule has 0 spiro atoms. The Morgan fingerprint density at radius 2 is 1.02 bits per heavy atom. The maximum absolute atomic E-state index is 5.26. The lowest BCUT2D eigenvalue weighted by molar-refractivity contribution is 0.989. The van der Waals surface area contributed by atoms with Gasteiger partial charge in [0, 0.05) is 33.6 Å². The number of rotatable bonds is 6. The highest BCUT2D eigenvalue weighted by molar-refractivity contribution is 6.03. The van der Waals surface area contributed by atoms with E-state index in [9.17, 15) is 0 Å². The first-order valence-corrected chi connectivity index (χ1v) is 17.9. The molecule has 52 heavy (non-hydrogen) atoms. The third-order valence-electron chi connectivity index (χ3n) is 9.82. The lowest BCUT2D eigenvalue weighted by Crippen LogP contribution is -2.00. The van der Waals surface area contributed by atoms with E-state index in [2.05, 4.69) is 140 Å². The van der Waals surface area contributed by atoms with Crippen LogP contribution in [0.5, 0.6) is 0 Å². The van der Waals surface area contributed by atoms with Gasteiger partial charge in [-0.25, -0.2) is 19.9 Å². The van der Waals surface area contributed by atoms with Gasteiger partial charge in [0.2, 0.25) is 0 Å². The number of allylic oxidation sites excluding steroid dienone is 1. The van der Waals surface area contributed by atoms with Crippen molar-refractivity contribution in [1.82, 2.24) is 19.9 Å². The smallest absolute Gasteiger partial charge is 0.160 e. The van der Waals surface area contributed by atoms with Crippen LogP contribution in [0.15, 0.2) is 152 Å². The van der Waals surface area contributed by atoms with Gasteiger partial charge in [-0.05, 0) is 107 Å². The van der Waals surface area contributed by atoms with E-state index in [0.717, 1.165) is 80.4 Å². The first-order chi connectivity index (χ1) is 25.6. The predicted octanol–water partition coefficient (Wildman–Crippen LogP) is 12.0. The Morgan fingerprint density at radius 1 is 0.442 bits per heavy atom. The zero-order chi connectivity index (χ0) is 35.0. The van der Waals surface area contributed by atoms with Crippen molar-refractivity contribution < 1.29 is 0 Å². The van der Waals surface area contributed by atoms with Crippen molar-refractivity contribution in [3.63, 3.8) is 0 Å². The van der Waals surface area contributed by atoms with Crippen LogP contribution in [0, 0.1) is 13.8 Å². The van der Waals surface area contributed by atoms with Crippen LogP contribution in [0.4, 0.5) is 0 Å². The highest BCUT2D eigenvalue weighted by atomic mass is 14.9. The number of hydrogen-bond donors (Lipinski definition) is 0. The van der Waals surface area contributed by atoms with Gasteiger partial charge in [0.15, 0.2) is 11.6 Å². The summed E-state index contributed by atoms with van der Waals surface area (Å²) in [7, 11) is 0. The minimum absolute atomic E-state index is 0.682. The fourth-order valence-corrected chi connectivity index (χ4v) is 7.42. The molecule has 9 rings (SSSR count). The van der Waals surface area contributed by atoms with E-state index in [0.29, 0.717) is 5.82 Å². The van der Waals surface area contributed by atoms with Gasteiger partial charge < -0.3 is 0 Å². The minimum Gasteiger partial charge on any atom is -0.233 e. The van der Waals surface area contributed by atoms with E-state index in [1.807, 2.05) is 32.0 Å². The molecular formula is C48H36N4. The van der Waals surface area contributed by atoms with Crippen LogP contribution in [0.25, 0.3) is 84.4 Å². The molecule has 0 amide bonds. The molecule has 0 aliphatic heterocycles. The fraction of sp³-hybridized carbons (Fsp3) is 0.0833. The number of hydrogen-bond acceptors (Lipinski definition) is 4. The molecule has 2 heterocycles. The number of nitrogens with zero attached hydrogens (tertiary/aromatic N) is 4. The average molecular weight is 669 g/mol. The maximum atomic E-state index is 5.26. The van der Waals surface area contributed by atoms with Gasteiger partial charge in [-0.2, -0.15) is 0 Å². The number of fused-ring (bicyclic) bond motifs is 2. The van der Waals surface area contributed by atoms with Crippen LogP contribution in [0.3, 0.4) is 0 Å². The van der Waals surface area contributed by atoms with Gasteiger partial charge in [-0.1, -0.05) is 121 Å². The summed E-state index contributed by atoms with van der Waals surface area (Å²) in [5, 5.41) is 2.48. The van der Waals surface area contributed by atoms with Gasteiger partial charge in [0.25, 0.3) is 0 Å². The summed E-state index contributed by atoms with van der Waals surface area (Å²) < 4.78 is 0.